The van der Waals surface area contributed by atoms with E-state index in [1.807, 2.05) is 0 Å². The summed E-state index contributed by atoms with van der Waals surface area (Å²) in [4.78, 5) is 17.7. The number of rotatable bonds is 5. The molecule has 4 heterocycles. The fourth-order valence-electron chi connectivity index (χ4n) is 6.10. The Bertz CT molecular complexity index is 900. The van der Waals surface area contributed by atoms with Crippen LogP contribution in [0.5, 0.6) is 0 Å². The zero-order valence-corrected chi connectivity index (χ0v) is 19.1. The number of sulfonamides is 1. The van der Waals surface area contributed by atoms with Gasteiger partial charge in [0.2, 0.25) is 10.0 Å². The van der Waals surface area contributed by atoms with Crippen LogP contribution in [0.2, 0.25) is 0 Å². The predicted molar refractivity (Wildman–Crippen MR) is 119 cm³/mol. The number of para-hydroxylation sites is 1. The van der Waals surface area contributed by atoms with Crippen LogP contribution in [0.15, 0.2) is 30.3 Å². The number of hydrogen-bond donors (Lipinski definition) is 0. The molecular weight excluding hydrogens is 414 g/mol. The molecule has 3 atom stereocenters. The lowest BCUT2D eigenvalue weighted by Gasteiger charge is -2.35. The molecule has 4 aliphatic heterocycles. The van der Waals surface area contributed by atoms with Crippen LogP contribution >= 0.6 is 0 Å². The predicted octanol–water partition coefficient (Wildman–Crippen LogP) is 1.80. The zero-order valence-electron chi connectivity index (χ0n) is 18.3. The number of fused-ring (bicyclic) bond motifs is 1. The van der Waals surface area contributed by atoms with Gasteiger partial charge in [-0.25, -0.2) is 12.7 Å². The van der Waals surface area contributed by atoms with Crippen molar-refractivity contribution < 1.29 is 17.9 Å². The minimum Gasteiger partial charge on any atom is -0.462 e. The maximum Gasteiger partial charge on any atom is 0.312 e. The first-order valence-corrected chi connectivity index (χ1v) is 13.4. The van der Waals surface area contributed by atoms with Crippen LogP contribution in [0.4, 0.5) is 5.69 Å². The molecule has 0 bridgehead atoms. The van der Waals surface area contributed by atoms with Gasteiger partial charge in [0, 0.05) is 57.9 Å². The molecule has 1 aromatic rings. The lowest BCUT2D eigenvalue weighted by molar-refractivity contribution is -0.150. The molecule has 1 aromatic carbocycles. The normalized spacial score (nSPS) is 31.3. The first kappa shape index (κ1) is 21.2. The zero-order chi connectivity index (χ0) is 21.6. The van der Waals surface area contributed by atoms with Crippen LogP contribution in [-0.4, -0.2) is 81.8 Å². The summed E-state index contributed by atoms with van der Waals surface area (Å²) >= 11 is 0. The van der Waals surface area contributed by atoms with Gasteiger partial charge in [-0.05, 0) is 43.2 Å². The average Bonchev–Trinajstić information content (AvgIpc) is 3.39. The molecule has 0 aliphatic carbocycles. The smallest absolute Gasteiger partial charge is 0.312 e. The van der Waals surface area contributed by atoms with Crippen LogP contribution in [0, 0.1) is 17.3 Å². The second-order valence-corrected chi connectivity index (χ2v) is 12.0. The molecule has 4 aliphatic rings. The van der Waals surface area contributed by atoms with E-state index in [4.69, 9.17) is 4.74 Å². The van der Waals surface area contributed by atoms with E-state index in [9.17, 15) is 13.2 Å². The van der Waals surface area contributed by atoms with Gasteiger partial charge < -0.3 is 14.5 Å². The summed E-state index contributed by atoms with van der Waals surface area (Å²) in [5.41, 5.74) is 0.859. The lowest BCUT2D eigenvalue weighted by Crippen LogP contribution is -2.44. The van der Waals surface area contributed by atoms with Crippen LogP contribution in [0.1, 0.15) is 25.7 Å². The number of cyclic esters (lactones) is 1. The van der Waals surface area contributed by atoms with Gasteiger partial charge in [0.15, 0.2) is 0 Å². The third-order valence-corrected chi connectivity index (χ3v) is 9.23. The highest BCUT2D eigenvalue weighted by molar-refractivity contribution is 7.88. The van der Waals surface area contributed by atoms with E-state index in [0.717, 1.165) is 57.4 Å². The van der Waals surface area contributed by atoms with E-state index in [1.54, 1.807) is 0 Å². The van der Waals surface area contributed by atoms with Crippen LogP contribution in [-0.2, 0) is 19.6 Å². The molecule has 0 amide bonds. The van der Waals surface area contributed by atoms with Crippen molar-refractivity contribution in [1.82, 2.24) is 9.21 Å². The standard InChI is InChI=1S/C23H33N3O4S/c1-31(28,29)26-11-8-23(9-12-26)13-21(30-22(23)27)7-10-24-14-18-16-25(17-19(18)15-24)20-5-3-2-4-6-20/h2-6,18-19,21H,7-17H2,1H3. The molecular formula is C23H33N3O4S. The van der Waals surface area contributed by atoms with Crippen molar-refractivity contribution in [2.75, 3.05) is 57.0 Å². The molecule has 0 saturated carbocycles. The molecule has 5 rings (SSSR count). The Morgan fingerprint density at radius 1 is 1.03 bits per heavy atom. The topological polar surface area (TPSA) is 70.2 Å². The maximum atomic E-state index is 12.6. The minimum atomic E-state index is -3.18. The second-order valence-electron chi connectivity index (χ2n) is 9.98. The van der Waals surface area contributed by atoms with E-state index in [2.05, 4.69) is 40.1 Å². The summed E-state index contributed by atoms with van der Waals surface area (Å²) in [6.07, 6.45) is 4.00. The van der Waals surface area contributed by atoms with Crippen molar-refractivity contribution in [2.45, 2.75) is 31.8 Å². The van der Waals surface area contributed by atoms with Gasteiger partial charge >= 0.3 is 5.97 Å². The number of likely N-dealkylation sites (tertiary alicyclic amines) is 1. The molecule has 0 radical (unpaired) electrons. The molecule has 1 spiro atoms. The van der Waals surface area contributed by atoms with E-state index in [0.29, 0.717) is 25.9 Å². The average molecular weight is 448 g/mol. The Morgan fingerprint density at radius 2 is 1.68 bits per heavy atom. The van der Waals surface area contributed by atoms with E-state index in [-0.39, 0.29) is 12.1 Å². The third-order valence-electron chi connectivity index (χ3n) is 7.92. The number of carbonyl (C=O) groups is 1. The molecule has 8 heteroatoms. The molecule has 0 N–H and O–H groups in total. The SMILES string of the molecule is CS(=O)(=O)N1CCC2(CC1)CC(CCN1CC3CN(c4ccccc4)CC3C1)OC2=O. The van der Waals surface area contributed by atoms with Crippen LogP contribution < -0.4 is 4.90 Å². The Morgan fingerprint density at radius 3 is 2.29 bits per heavy atom. The van der Waals surface area contributed by atoms with Gasteiger partial charge in [-0.1, -0.05) is 18.2 Å². The fourth-order valence-corrected chi connectivity index (χ4v) is 6.95. The highest BCUT2D eigenvalue weighted by atomic mass is 32.2. The molecule has 4 saturated heterocycles. The van der Waals surface area contributed by atoms with Crippen molar-refractivity contribution >= 4 is 21.7 Å². The van der Waals surface area contributed by atoms with Crippen molar-refractivity contribution in [3.63, 3.8) is 0 Å². The molecule has 7 nitrogen and oxygen atoms in total. The highest BCUT2D eigenvalue weighted by Crippen LogP contribution is 2.44. The second kappa shape index (κ2) is 8.05. The Kier molecular flexibility index (Phi) is 5.51. The third kappa shape index (κ3) is 4.22. The Hall–Kier alpha value is -1.64. The number of esters is 1. The summed E-state index contributed by atoms with van der Waals surface area (Å²) in [5, 5.41) is 0. The number of nitrogens with zero attached hydrogens (tertiary/aromatic N) is 3. The van der Waals surface area contributed by atoms with Crippen LogP contribution in [0.3, 0.4) is 0 Å². The number of benzene rings is 1. The van der Waals surface area contributed by atoms with Gasteiger partial charge in [0.05, 0.1) is 11.7 Å². The van der Waals surface area contributed by atoms with Crippen molar-refractivity contribution in [1.29, 1.82) is 0 Å². The van der Waals surface area contributed by atoms with Gasteiger partial charge in [-0.3, -0.25) is 4.79 Å². The van der Waals surface area contributed by atoms with E-state index < -0.39 is 15.4 Å². The number of carbonyl (C=O) groups excluding carboxylic acids is 1. The molecule has 4 fully saturated rings. The monoisotopic (exact) mass is 447 g/mol. The Balaban J connectivity index is 1.09. The molecule has 0 aromatic heterocycles. The molecule has 31 heavy (non-hydrogen) atoms. The van der Waals surface area contributed by atoms with E-state index in [1.165, 1.54) is 16.2 Å². The highest BCUT2D eigenvalue weighted by Gasteiger charge is 2.51. The van der Waals surface area contributed by atoms with Gasteiger partial charge in [-0.2, -0.15) is 0 Å². The molecule has 170 valence electrons. The largest absolute Gasteiger partial charge is 0.462 e. The van der Waals surface area contributed by atoms with E-state index >= 15 is 0 Å². The minimum absolute atomic E-state index is 0.0291. The Labute approximate surface area is 185 Å². The number of anilines is 1. The summed E-state index contributed by atoms with van der Waals surface area (Å²) in [6, 6.07) is 10.7. The number of hydrogen-bond acceptors (Lipinski definition) is 6. The van der Waals surface area contributed by atoms with Crippen molar-refractivity contribution in [3.8, 4) is 0 Å². The van der Waals surface area contributed by atoms with Crippen molar-refractivity contribution in [3.05, 3.63) is 30.3 Å². The molecule has 3 unspecified atom stereocenters. The van der Waals surface area contributed by atoms with Crippen LogP contribution in [0.25, 0.3) is 0 Å². The van der Waals surface area contributed by atoms with Gasteiger partial charge in [-0.15, -0.1) is 0 Å². The lowest BCUT2D eigenvalue weighted by atomic mass is 9.76. The van der Waals surface area contributed by atoms with Gasteiger partial charge in [0.25, 0.3) is 0 Å². The fraction of sp³-hybridized carbons (Fsp3) is 0.696. The number of ether oxygens (including phenoxy) is 1. The summed E-state index contributed by atoms with van der Waals surface area (Å²) in [5.74, 6) is 1.33. The first-order valence-electron chi connectivity index (χ1n) is 11.5. The number of piperidine rings is 1. The first-order chi connectivity index (χ1) is 14.8. The maximum absolute atomic E-state index is 12.6. The van der Waals surface area contributed by atoms with Gasteiger partial charge in [0.1, 0.15) is 6.10 Å². The summed E-state index contributed by atoms with van der Waals surface area (Å²) in [6.45, 7) is 6.34. The summed E-state index contributed by atoms with van der Waals surface area (Å²) < 4.78 is 30.8. The quantitative estimate of drug-likeness (QED) is 0.641. The van der Waals surface area contributed by atoms with Crippen molar-refractivity contribution in [2.24, 2.45) is 17.3 Å². The summed E-state index contributed by atoms with van der Waals surface area (Å²) in [7, 11) is -3.18.